The summed E-state index contributed by atoms with van der Waals surface area (Å²) < 4.78 is 40.4. The van der Waals surface area contributed by atoms with Gasteiger partial charge in [-0.15, -0.1) is 5.10 Å². The number of nitrogens with zero attached hydrogens (tertiary/aromatic N) is 2. The molecule has 0 aliphatic carbocycles. The van der Waals surface area contributed by atoms with Gasteiger partial charge in [0.2, 0.25) is 5.91 Å². The Balaban J connectivity index is 1.90. The van der Waals surface area contributed by atoms with E-state index in [1.165, 1.54) is 24.4 Å². The van der Waals surface area contributed by atoms with Crippen LogP contribution in [0.4, 0.5) is 13.2 Å². The first kappa shape index (κ1) is 19.6. The van der Waals surface area contributed by atoms with E-state index < -0.39 is 17.6 Å². The molecule has 0 aliphatic heterocycles. The van der Waals surface area contributed by atoms with Crippen LogP contribution < -0.4 is 5.73 Å². The second kappa shape index (κ2) is 7.26. The van der Waals surface area contributed by atoms with Crippen molar-refractivity contribution in [3.63, 3.8) is 0 Å². The minimum atomic E-state index is -4.51. The third-order valence-electron chi connectivity index (χ3n) is 4.98. The molecule has 0 aliphatic rings. The smallest absolute Gasteiger partial charge is 0.366 e. The predicted octanol–water partition coefficient (Wildman–Crippen LogP) is 5.39. The lowest BCUT2D eigenvalue weighted by Crippen LogP contribution is -2.10. The summed E-state index contributed by atoms with van der Waals surface area (Å²) in [6.07, 6.45) is -3.00. The Morgan fingerprint density at radius 3 is 2.47 bits per heavy atom. The second-order valence-electron chi connectivity index (χ2n) is 6.93. The van der Waals surface area contributed by atoms with Gasteiger partial charge < -0.3 is 5.73 Å². The molecule has 1 heterocycles. The molecule has 0 spiro atoms. The van der Waals surface area contributed by atoms with Crippen LogP contribution in [0.2, 0.25) is 0 Å². The van der Waals surface area contributed by atoms with Crippen LogP contribution in [0.3, 0.4) is 0 Å². The molecule has 0 radical (unpaired) electrons. The monoisotopic (exact) mass is 407 g/mol. The molecule has 4 nitrogen and oxygen atoms in total. The number of amides is 1. The standard InChI is InChI=1S/C23H16F3N3O/c1-13-6-7-15(22(27)30)11-19(13)14-8-9-17-16(10-14)12-28-29-21(17)18-4-2-3-5-20(18)23(24,25)26/h2-12H,1H3,(H2,27,30). The van der Waals surface area contributed by atoms with Gasteiger partial charge in [0.15, 0.2) is 0 Å². The van der Waals surface area contributed by atoms with E-state index in [4.69, 9.17) is 5.73 Å². The number of halogens is 3. The van der Waals surface area contributed by atoms with E-state index in [0.717, 1.165) is 22.8 Å². The van der Waals surface area contributed by atoms with Gasteiger partial charge in [0.05, 0.1) is 11.8 Å². The zero-order valence-corrected chi connectivity index (χ0v) is 15.9. The number of hydrogen-bond donors (Lipinski definition) is 1. The first-order valence-corrected chi connectivity index (χ1v) is 9.08. The van der Waals surface area contributed by atoms with Crippen molar-refractivity contribution < 1.29 is 18.0 Å². The van der Waals surface area contributed by atoms with Gasteiger partial charge in [0, 0.05) is 21.9 Å². The van der Waals surface area contributed by atoms with Gasteiger partial charge in [-0.1, -0.05) is 36.4 Å². The van der Waals surface area contributed by atoms with Crippen LogP contribution in [0.15, 0.2) is 66.9 Å². The van der Waals surface area contributed by atoms with Crippen LogP contribution >= 0.6 is 0 Å². The average molecular weight is 407 g/mol. The van der Waals surface area contributed by atoms with Gasteiger partial charge in [0.1, 0.15) is 5.69 Å². The van der Waals surface area contributed by atoms with Gasteiger partial charge >= 0.3 is 6.18 Å². The summed E-state index contributed by atoms with van der Waals surface area (Å²) in [5.41, 5.74) is 7.68. The molecule has 0 bridgehead atoms. The molecule has 1 amide bonds. The molecular weight excluding hydrogens is 391 g/mol. The lowest BCUT2D eigenvalue weighted by molar-refractivity contribution is -0.137. The summed E-state index contributed by atoms with van der Waals surface area (Å²) in [6, 6.07) is 15.8. The van der Waals surface area contributed by atoms with E-state index in [0.29, 0.717) is 16.3 Å². The van der Waals surface area contributed by atoms with E-state index in [-0.39, 0.29) is 11.3 Å². The summed E-state index contributed by atoms with van der Waals surface area (Å²) in [5.74, 6) is -0.533. The molecule has 1 aromatic heterocycles. The van der Waals surface area contributed by atoms with Gasteiger partial charge in [0.25, 0.3) is 0 Å². The van der Waals surface area contributed by atoms with Crippen molar-refractivity contribution in [3.05, 3.63) is 83.6 Å². The van der Waals surface area contributed by atoms with Crippen molar-refractivity contribution >= 4 is 16.7 Å². The maximum atomic E-state index is 13.5. The van der Waals surface area contributed by atoms with Crippen molar-refractivity contribution in [2.24, 2.45) is 5.73 Å². The number of benzene rings is 3. The molecule has 4 aromatic rings. The highest BCUT2D eigenvalue weighted by Crippen LogP contribution is 2.39. The van der Waals surface area contributed by atoms with E-state index in [2.05, 4.69) is 10.2 Å². The quantitative estimate of drug-likeness (QED) is 0.495. The second-order valence-corrected chi connectivity index (χ2v) is 6.93. The predicted molar refractivity (Wildman–Crippen MR) is 109 cm³/mol. The fraction of sp³-hybridized carbons (Fsp3) is 0.0870. The number of carbonyl (C=O) groups excluding carboxylic acids is 1. The molecule has 0 atom stereocenters. The number of rotatable bonds is 3. The molecule has 3 aromatic carbocycles. The fourth-order valence-corrected chi connectivity index (χ4v) is 3.48. The minimum Gasteiger partial charge on any atom is -0.366 e. The fourth-order valence-electron chi connectivity index (χ4n) is 3.48. The van der Waals surface area contributed by atoms with Gasteiger partial charge in [-0.2, -0.15) is 18.3 Å². The largest absolute Gasteiger partial charge is 0.417 e. The number of nitrogens with two attached hydrogens (primary N) is 1. The Morgan fingerprint density at radius 1 is 0.967 bits per heavy atom. The topological polar surface area (TPSA) is 68.9 Å². The molecule has 0 saturated heterocycles. The molecular formula is C23H16F3N3O. The average Bonchev–Trinajstić information content (AvgIpc) is 2.72. The van der Waals surface area contributed by atoms with Crippen molar-refractivity contribution in [2.75, 3.05) is 0 Å². The first-order chi connectivity index (χ1) is 14.3. The SMILES string of the molecule is Cc1ccc(C(N)=O)cc1-c1ccc2c(-c3ccccc3C(F)(F)F)nncc2c1. The number of aryl methyl sites for hydroxylation is 1. The van der Waals surface area contributed by atoms with Gasteiger partial charge in [-0.05, 0) is 47.9 Å². The van der Waals surface area contributed by atoms with Crippen LogP contribution in [0.25, 0.3) is 33.2 Å². The number of hydrogen-bond acceptors (Lipinski definition) is 3. The van der Waals surface area contributed by atoms with Crippen molar-refractivity contribution in [1.82, 2.24) is 10.2 Å². The molecule has 0 unspecified atom stereocenters. The van der Waals surface area contributed by atoms with Crippen molar-refractivity contribution in [2.45, 2.75) is 13.1 Å². The Kier molecular flexibility index (Phi) is 4.73. The van der Waals surface area contributed by atoms with E-state index >= 15 is 0 Å². The van der Waals surface area contributed by atoms with Gasteiger partial charge in [-0.25, -0.2) is 0 Å². The number of carbonyl (C=O) groups is 1. The zero-order chi connectivity index (χ0) is 21.5. The summed E-state index contributed by atoms with van der Waals surface area (Å²) in [4.78, 5) is 11.5. The maximum Gasteiger partial charge on any atom is 0.417 e. The van der Waals surface area contributed by atoms with E-state index in [9.17, 15) is 18.0 Å². The molecule has 0 saturated carbocycles. The van der Waals surface area contributed by atoms with Crippen LogP contribution in [-0.4, -0.2) is 16.1 Å². The first-order valence-electron chi connectivity index (χ1n) is 9.08. The Morgan fingerprint density at radius 2 is 1.73 bits per heavy atom. The highest BCUT2D eigenvalue weighted by molar-refractivity contribution is 5.98. The van der Waals surface area contributed by atoms with Gasteiger partial charge in [-0.3, -0.25) is 4.79 Å². The number of alkyl halides is 3. The maximum absolute atomic E-state index is 13.5. The summed E-state index contributed by atoms with van der Waals surface area (Å²) in [5, 5.41) is 9.11. The lowest BCUT2D eigenvalue weighted by atomic mass is 9.94. The Bertz CT molecular complexity index is 1280. The van der Waals surface area contributed by atoms with Crippen LogP contribution in [-0.2, 0) is 6.18 Å². The zero-order valence-electron chi connectivity index (χ0n) is 15.9. The normalized spacial score (nSPS) is 11.6. The third kappa shape index (κ3) is 3.50. The minimum absolute atomic E-state index is 0.0252. The summed E-state index contributed by atoms with van der Waals surface area (Å²) in [6.45, 7) is 1.90. The molecule has 0 fully saturated rings. The molecule has 4 rings (SSSR count). The molecule has 150 valence electrons. The van der Waals surface area contributed by atoms with E-state index in [1.54, 1.807) is 30.3 Å². The molecule has 2 N–H and O–H groups in total. The highest BCUT2D eigenvalue weighted by atomic mass is 19.4. The highest BCUT2D eigenvalue weighted by Gasteiger charge is 2.34. The Labute approximate surface area is 170 Å². The number of primary amides is 1. The van der Waals surface area contributed by atoms with Crippen LogP contribution in [0, 0.1) is 6.92 Å². The molecule has 30 heavy (non-hydrogen) atoms. The molecule has 7 heteroatoms. The summed E-state index contributed by atoms with van der Waals surface area (Å²) >= 11 is 0. The van der Waals surface area contributed by atoms with Crippen molar-refractivity contribution in [3.8, 4) is 22.4 Å². The van der Waals surface area contributed by atoms with Crippen LogP contribution in [0.1, 0.15) is 21.5 Å². The summed E-state index contributed by atoms with van der Waals surface area (Å²) in [7, 11) is 0. The van der Waals surface area contributed by atoms with Crippen LogP contribution in [0.5, 0.6) is 0 Å². The Hall–Kier alpha value is -3.74. The third-order valence-corrected chi connectivity index (χ3v) is 4.98. The number of aromatic nitrogens is 2. The number of fused-ring (bicyclic) bond motifs is 1. The lowest BCUT2D eigenvalue weighted by Gasteiger charge is -2.14. The van der Waals surface area contributed by atoms with Crippen molar-refractivity contribution in [1.29, 1.82) is 0 Å². The van der Waals surface area contributed by atoms with E-state index in [1.807, 2.05) is 13.0 Å².